The van der Waals surface area contributed by atoms with E-state index in [2.05, 4.69) is 5.32 Å². The number of ether oxygens (including phenoxy) is 2. The number of nitrogens with one attached hydrogen (secondary N) is 1. The first-order valence-corrected chi connectivity index (χ1v) is 10.4. The van der Waals surface area contributed by atoms with Crippen LogP contribution >= 0.6 is 0 Å². The molecule has 2 N–H and O–H groups in total. The summed E-state index contributed by atoms with van der Waals surface area (Å²) >= 11 is 0. The van der Waals surface area contributed by atoms with Gasteiger partial charge >= 0.3 is 0 Å². The first kappa shape index (κ1) is 20.8. The molecule has 3 rings (SSSR count). The predicted octanol–water partition coefficient (Wildman–Crippen LogP) is 4.79. The van der Waals surface area contributed by atoms with Gasteiger partial charge < -0.3 is 19.9 Å². The summed E-state index contributed by atoms with van der Waals surface area (Å²) in [6, 6.07) is 16.0. The van der Waals surface area contributed by atoms with Gasteiger partial charge in [-0.1, -0.05) is 36.4 Å². The highest BCUT2D eigenvalue weighted by atomic mass is 16.5. The van der Waals surface area contributed by atoms with Crippen molar-refractivity contribution in [2.24, 2.45) is 5.92 Å². The van der Waals surface area contributed by atoms with Gasteiger partial charge in [0.25, 0.3) is 0 Å². The maximum absolute atomic E-state index is 12.0. The highest BCUT2D eigenvalue weighted by Crippen LogP contribution is 2.43. The van der Waals surface area contributed by atoms with Crippen LogP contribution < -0.4 is 10.1 Å². The smallest absolute Gasteiger partial charge is 0.133 e. The zero-order valence-electron chi connectivity index (χ0n) is 17.1. The molecule has 1 fully saturated rings. The minimum absolute atomic E-state index is 0.172. The summed E-state index contributed by atoms with van der Waals surface area (Å²) in [5.41, 5.74) is 1.06. The summed E-state index contributed by atoms with van der Waals surface area (Å²) in [4.78, 5) is 0. The SMILES string of the molecule is COCCCCC(O)(c1ccccc1Oc1ccccc1C)[C@@H]1CCCNC1. The Bertz CT molecular complexity index is 742. The molecule has 0 aromatic heterocycles. The van der Waals surface area contributed by atoms with Gasteiger partial charge in [-0.3, -0.25) is 0 Å². The highest BCUT2D eigenvalue weighted by Gasteiger charge is 2.40. The molecule has 152 valence electrons. The van der Waals surface area contributed by atoms with Gasteiger partial charge in [0.2, 0.25) is 0 Å². The molecule has 28 heavy (non-hydrogen) atoms. The molecule has 0 spiro atoms. The predicted molar refractivity (Wildman–Crippen MR) is 113 cm³/mol. The fraction of sp³-hybridized carbons (Fsp3) is 0.500. The molecule has 2 aromatic carbocycles. The van der Waals surface area contributed by atoms with Crippen molar-refractivity contribution in [2.75, 3.05) is 26.8 Å². The number of methoxy groups -OCH3 is 1. The molecule has 1 unspecified atom stereocenters. The summed E-state index contributed by atoms with van der Waals surface area (Å²) in [6.07, 6.45) is 4.68. The summed E-state index contributed by atoms with van der Waals surface area (Å²) < 4.78 is 11.5. The fourth-order valence-electron chi connectivity index (χ4n) is 4.16. The van der Waals surface area contributed by atoms with Gasteiger partial charge in [0.05, 0.1) is 5.60 Å². The molecule has 4 heteroatoms. The molecule has 1 aliphatic heterocycles. The zero-order chi connectivity index (χ0) is 19.8. The molecule has 0 bridgehead atoms. The van der Waals surface area contributed by atoms with Crippen LogP contribution in [0.3, 0.4) is 0 Å². The van der Waals surface area contributed by atoms with E-state index in [0.29, 0.717) is 6.42 Å². The van der Waals surface area contributed by atoms with E-state index in [0.717, 1.165) is 68.0 Å². The van der Waals surface area contributed by atoms with Crippen molar-refractivity contribution in [3.05, 3.63) is 59.7 Å². The van der Waals surface area contributed by atoms with Crippen molar-refractivity contribution in [3.8, 4) is 11.5 Å². The second-order valence-corrected chi connectivity index (χ2v) is 7.78. The Balaban J connectivity index is 1.91. The van der Waals surface area contributed by atoms with Crippen LogP contribution in [0.4, 0.5) is 0 Å². The van der Waals surface area contributed by atoms with Crippen LogP contribution in [0.1, 0.15) is 43.2 Å². The van der Waals surface area contributed by atoms with Crippen LogP contribution in [0, 0.1) is 12.8 Å². The number of hydrogen-bond acceptors (Lipinski definition) is 4. The molecular weight excluding hydrogens is 350 g/mol. The number of unbranched alkanes of at least 4 members (excludes halogenated alkanes) is 1. The minimum Gasteiger partial charge on any atom is -0.457 e. The summed E-state index contributed by atoms with van der Waals surface area (Å²) in [6.45, 7) is 4.62. The maximum Gasteiger partial charge on any atom is 0.133 e. The van der Waals surface area contributed by atoms with Gasteiger partial charge in [0, 0.05) is 31.7 Å². The molecule has 1 saturated heterocycles. The van der Waals surface area contributed by atoms with Crippen molar-refractivity contribution in [1.29, 1.82) is 0 Å². The van der Waals surface area contributed by atoms with E-state index < -0.39 is 5.60 Å². The number of hydrogen-bond donors (Lipinski definition) is 2. The van der Waals surface area contributed by atoms with E-state index >= 15 is 0 Å². The fourth-order valence-corrected chi connectivity index (χ4v) is 4.16. The third kappa shape index (κ3) is 4.93. The van der Waals surface area contributed by atoms with Gasteiger partial charge in [-0.05, 0) is 63.3 Å². The molecule has 0 saturated carbocycles. The highest BCUT2D eigenvalue weighted by molar-refractivity contribution is 5.43. The Morgan fingerprint density at radius 1 is 1.07 bits per heavy atom. The normalized spacial score (nSPS) is 19.2. The molecule has 1 aliphatic rings. The summed E-state index contributed by atoms with van der Waals surface area (Å²) in [7, 11) is 1.72. The molecule has 0 radical (unpaired) electrons. The molecule has 0 amide bonds. The summed E-state index contributed by atoms with van der Waals surface area (Å²) in [5.74, 6) is 1.75. The molecule has 2 atom stereocenters. The number of piperidine rings is 1. The van der Waals surface area contributed by atoms with Crippen LogP contribution in [-0.2, 0) is 10.3 Å². The largest absolute Gasteiger partial charge is 0.457 e. The van der Waals surface area contributed by atoms with E-state index in [9.17, 15) is 5.11 Å². The van der Waals surface area contributed by atoms with Gasteiger partial charge in [0.15, 0.2) is 0 Å². The first-order chi connectivity index (χ1) is 13.6. The first-order valence-electron chi connectivity index (χ1n) is 10.4. The average molecular weight is 384 g/mol. The Hall–Kier alpha value is -1.88. The van der Waals surface area contributed by atoms with Crippen molar-refractivity contribution < 1.29 is 14.6 Å². The standard InChI is InChI=1S/C24H33NO3/c1-19-10-3-5-13-22(19)28-23-14-6-4-12-21(23)24(26,15-7-8-17-27-2)20-11-9-16-25-18-20/h3-6,10,12-14,20,25-26H,7-9,11,15-18H2,1-2H3/t20-,24?/m1/s1. The third-order valence-electron chi connectivity index (χ3n) is 5.80. The zero-order valence-corrected chi connectivity index (χ0v) is 17.1. The topological polar surface area (TPSA) is 50.7 Å². The number of aliphatic hydroxyl groups is 1. The Labute approximate surface area is 168 Å². The van der Waals surface area contributed by atoms with E-state index in [4.69, 9.17) is 9.47 Å². The van der Waals surface area contributed by atoms with Gasteiger partial charge in [-0.15, -0.1) is 0 Å². The number of aryl methyl sites for hydroxylation is 1. The lowest BCUT2D eigenvalue weighted by Crippen LogP contribution is -2.44. The van der Waals surface area contributed by atoms with Crippen molar-refractivity contribution in [2.45, 2.75) is 44.6 Å². The molecule has 2 aromatic rings. The van der Waals surface area contributed by atoms with Crippen molar-refractivity contribution >= 4 is 0 Å². The second kappa shape index (κ2) is 10.1. The Morgan fingerprint density at radius 2 is 1.82 bits per heavy atom. The van der Waals surface area contributed by atoms with E-state index in [1.165, 1.54) is 0 Å². The van der Waals surface area contributed by atoms with E-state index in [1.807, 2.05) is 55.5 Å². The summed E-state index contributed by atoms with van der Waals surface area (Å²) in [5, 5.41) is 15.4. The van der Waals surface area contributed by atoms with Crippen LogP contribution in [0.25, 0.3) is 0 Å². The van der Waals surface area contributed by atoms with Gasteiger partial charge in [0.1, 0.15) is 11.5 Å². The third-order valence-corrected chi connectivity index (χ3v) is 5.80. The Morgan fingerprint density at radius 3 is 2.54 bits per heavy atom. The minimum atomic E-state index is -0.916. The molecule has 4 nitrogen and oxygen atoms in total. The maximum atomic E-state index is 12.0. The van der Waals surface area contributed by atoms with Crippen molar-refractivity contribution in [1.82, 2.24) is 5.32 Å². The number of rotatable bonds is 9. The lowest BCUT2D eigenvalue weighted by molar-refractivity contribution is -0.0447. The van der Waals surface area contributed by atoms with E-state index in [-0.39, 0.29) is 5.92 Å². The second-order valence-electron chi connectivity index (χ2n) is 7.78. The monoisotopic (exact) mass is 383 g/mol. The van der Waals surface area contributed by atoms with E-state index in [1.54, 1.807) is 7.11 Å². The number of benzene rings is 2. The number of para-hydroxylation sites is 2. The molecule has 1 heterocycles. The van der Waals surface area contributed by atoms with Crippen molar-refractivity contribution in [3.63, 3.8) is 0 Å². The van der Waals surface area contributed by atoms with Crippen LogP contribution in [0.15, 0.2) is 48.5 Å². The van der Waals surface area contributed by atoms with Gasteiger partial charge in [-0.2, -0.15) is 0 Å². The van der Waals surface area contributed by atoms with Gasteiger partial charge in [-0.25, -0.2) is 0 Å². The molecule has 0 aliphatic carbocycles. The van der Waals surface area contributed by atoms with Crippen LogP contribution in [-0.4, -0.2) is 31.9 Å². The van der Waals surface area contributed by atoms with Crippen LogP contribution in [0.2, 0.25) is 0 Å². The lowest BCUT2D eigenvalue weighted by Gasteiger charge is -2.40. The Kier molecular flexibility index (Phi) is 7.49. The average Bonchev–Trinajstić information content (AvgIpc) is 2.74. The molecular formula is C24H33NO3. The lowest BCUT2D eigenvalue weighted by atomic mass is 9.74. The van der Waals surface area contributed by atoms with Crippen LogP contribution in [0.5, 0.6) is 11.5 Å². The quantitative estimate of drug-likeness (QED) is 0.611.